The highest BCUT2D eigenvalue weighted by molar-refractivity contribution is 5.06. The van der Waals surface area contributed by atoms with E-state index in [1.54, 1.807) is 19.6 Å². The largest absolute Gasteiger partial charge is 0.472 e. The molecule has 3 unspecified atom stereocenters. The van der Waals surface area contributed by atoms with E-state index in [0.717, 1.165) is 25.1 Å². The van der Waals surface area contributed by atoms with Crippen molar-refractivity contribution in [3.05, 3.63) is 24.2 Å². The Hall–Kier alpha value is -0.840. The van der Waals surface area contributed by atoms with E-state index in [1.807, 2.05) is 13.0 Å². The molecular formula is C12H19NO3. The molecule has 4 nitrogen and oxygen atoms in total. The van der Waals surface area contributed by atoms with Gasteiger partial charge < -0.3 is 19.2 Å². The first-order valence-corrected chi connectivity index (χ1v) is 5.74. The summed E-state index contributed by atoms with van der Waals surface area (Å²) in [6.45, 7) is 3.58. The summed E-state index contributed by atoms with van der Waals surface area (Å²) in [5, 5.41) is 3.45. The van der Waals surface area contributed by atoms with Gasteiger partial charge in [0.05, 0.1) is 24.7 Å². The predicted molar refractivity (Wildman–Crippen MR) is 60.2 cm³/mol. The van der Waals surface area contributed by atoms with Crippen molar-refractivity contribution in [2.75, 3.05) is 13.7 Å². The zero-order chi connectivity index (χ0) is 11.4. The second kappa shape index (κ2) is 5.48. The van der Waals surface area contributed by atoms with Crippen LogP contribution in [0, 0.1) is 0 Å². The van der Waals surface area contributed by atoms with Crippen molar-refractivity contribution < 1.29 is 13.9 Å². The van der Waals surface area contributed by atoms with Gasteiger partial charge in [-0.25, -0.2) is 0 Å². The van der Waals surface area contributed by atoms with E-state index < -0.39 is 0 Å². The highest BCUT2D eigenvalue weighted by Crippen LogP contribution is 2.27. The van der Waals surface area contributed by atoms with Gasteiger partial charge in [0.1, 0.15) is 0 Å². The summed E-state index contributed by atoms with van der Waals surface area (Å²) in [4.78, 5) is 0. The molecule has 90 valence electrons. The molecule has 0 aliphatic heterocycles. The fourth-order valence-corrected chi connectivity index (χ4v) is 2.12. The van der Waals surface area contributed by atoms with E-state index >= 15 is 0 Å². The second-order valence-corrected chi connectivity index (χ2v) is 4.05. The van der Waals surface area contributed by atoms with Crippen LogP contribution in [0.2, 0.25) is 0 Å². The minimum absolute atomic E-state index is 0.173. The standard InChI is InChI=1S/C12H19NO3/c1-3-16-11-6-10(12(11)14-2)13-7-9-4-5-15-8-9/h4-5,8,10-13H,3,6-7H2,1-2H3. The molecule has 1 N–H and O–H groups in total. The van der Waals surface area contributed by atoms with Crippen LogP contribution in [-0.2, 0) is 16.0 Å². The summed E-state index contributed by atoms with van der Waals surface area (Å²) < 4.78 is 16.0. The van der Waals surface area contributed by atoms with E-state index in [1.165, 1.54) is 0 Å². The van der Waals surface area contributed by atoms with Gasteiger partial charge in [-0.05, 0) is 19.4 Å². The van der Waals surface area contributed by atoms with Crippen molar-refractivity contribution in [1.82, 2.24) is 5.32 Å². The summed E-state index contributed by atoms with van der Waals surface area (Å²) in [5.41, 5.74) is 1.16. The van der Waals surface area contributed by atoms with Crippen LogP contribution in [0.3, 0.4) is 0 Å². The Morgan fingerprint density at radius 1 is 1.56 bits per heavy atom. The molecule has 0 radical (unpaired) electrons. The van der Waals surface area contributed by atoms with Gasteiger partial charge in [0, 0.05) is 31.9 Å². The van der Waals surface area contributed by atoms with Crippen LogP contribution in [0.25, 0.3) is 0 Å². The fourth-order valence-electron chi connectivity index (χ4n) is 2.12. The number of rotatable bonds is 6. The van der Waals surface area contributed by atoms with Crippen molar-refractivity contribution in [2.45, 2.75) is 38.1 Å². The second-order valence-electron chi connectivity index (χ2n) is 4.05. The molecule has 3 atom stereocenters. The van der Waals surface area contributed by atoms with Gasteiger partial charge >= 0.3 is 0 Å². The number of ether oxygens (including phenoxy) is 2. The molecule has 1 heterocycles. The van der Waals surface area contributed by atoms with Crippen LogP contribution in [0.1, 0.15) is 18.9 Å². The lowest BCUT2D eigenvalue weighted by Crippen LogP contribution is -2.59. The molecule has 1 fully saturated rings. The third kappa shape index (κ3) is 2.45. The molecule has 1 aliphatic rings. The Morgan fingerprint density at radius 2 is 2.44 bits per heavy atom. The number of furan rings is 1. The number of nitrogens with one attached hydrogen (secondary N) is 1. The average Bonchev–Trinajstić information content (AvgIpc) is 2.75. The predicted octanol–water partition coefficient (Wildman–Crippen LogP) is 1.56. The molecule has 1 aliphatic carbocycles. The summed E-state index contributed by atoms with van der Waals surface area (Å²) >= 11 is 0. The lowest BCUT2D eigenvalue weighted by atomic mass is 9.85. The lowest BCUT2D eigenvalue weighted by Gasteiger charge is -2.43. The average molecular weight is 225 g/mol. The van der Waals surface area contributed by atoms with E-state index in [2.05, 4.69) is 5.32 Å². The lowest BCUT2D eigenvalue weighted by molar-refractivity contribution is -0.131. The molecule has 0 saturated heterocycles. The molecule has 0 spiro atoms. The third-order valence-electron chi connectivity index (χ3n) is 3.05. The monoisotopic (exact) mass is 225 g/mol. The normalized spacial score (nSPS) is 29.0. The van der Waals surface area contributed by atoms with Crippen LogP contribution in [-0.4, -0.2) is 32.0 Å². The third-order valence-corrected chi connectivity index (χ3v) is 3.05. The highest BCUT2D eigenvalue weighted by Gasteiger charge is 2.41. The summed E-state index contributed by atoms with van der Waals surface area (Å²) in [6.07, 6.45) is 4.88. The molecular weight excluding hydrogens is 206 g/mol. The Kier molecular flexibility index (Phi) is 3.98. The first-order chi connectivity index (χ1) is 7.85. The van der Waals surface area contributed by atoms with Gasteiger partial charge in [-0.2, -0.15) is 0 Å². The molecule has 1 saturated carbocycles. The zero-order valence-corrected chi connectivity index (χ0v) is 9.81. The quantitative estimate of drug-likeness (QED) is 0.798. The van der Waals surface area contributed by atoms with Gasteiger partial charge in [-0.15, -0.1) is 0 Å². The SMILES string of the molecule is CCOC1CC(NCc2ccoc2)C1OC. The smallest absolute Gasteiger partial charge is 0.0986 e. The Balaban J connectivity index is 1.75. The summed E-state index contributed by atoms with van der Waals surface area (Å²) in [6, 6.07) is 2.35. The van der Waals surface area contributed by atoms with Crippen LogP contribution < -0.4 is 5.32 Å². The molecule has 1 aromatic rings. The molecule has 4 heteroatoms. The molecule has 2 rings (SSSR count). The zero-order valence-electron chi connectivity index (χ0n) is 9.81. The topological polar surface area (TPSA) is 43.6 Å². The van der Waals surface area contributed by atoms with E-state index in [9.17, 15) is 0 Å². The highest BCUT2D eigenvalue weighted by atomic mass is 16.5. The first-order valence-electron chi connectivity index (χ1n) is 5.74. The van der Waals surface area contributed by atoms with Crippen molar-refractivity contribution in [3.8, 4) is 0 Å². The van der Waals surface area contributed by atoms with Gasteiger partial charge in [-0.1, -0.05) is 0 Å². The van der Waals surface area contributed by atoms with Gasteiger partial charge in [0.25, 0.3) is 0 Å². The summed E-state index contributed by atoms with van der Waals surface area (Å²) in [5.74, 6) is 0. The molecule has 0 aromatic carbocycles. The van der Waals surface area contributed by atoms with Gasteiger partial charge in [0.2, 0.25) is 0 Å². The van der Waals surface area contributed by atoms with Crippen molar-refractivity contribution >= 4 is 0 Å². The van der Waals surface area contributed by atoms with Crippen LogP contribution in [0.4, 0.5) is 0 Å². The van der Waals surface area contributed by atoms with E-state index in [-0.39, 0.29) is 12.2 Å². The minimum atomic E-state index is 0.173. The first kappa shape index (κ1) is 11.6. The van der Waals surface area contributed by atoms with Crippen LogP contribution in [0.15, 0.2) is 23.0 Å². The van der Waals surface area contributed by atoms with E-state index in [4.69, 9.17) is 13.9 Å². The number of hydrogen-bond acceptors (Lipinski definition) is 4. The Morgan fingerprint density at radius 3 is 3.06 bits per heavy atom. The fraction of sp³-hybridized carbons (Fsp3) is 0.667. The molecule has 16 heavy (non-hydrogen) atoms. The van der Waals surface area contributed by atoms with Crippen molar-refractivity contribution in [3.63, 3.8) is 0 Å². The minimum Gasteiger partial charge on any atom is -0.472 e. The maximum absolute atomic E-state index is 5.57. The van der Waals surface area contributed by atoms with Gasteiger partial charge in [-0.3, -0.25) is 0 Å². The Labute approximate surface area is 95.9 Å². The maximum Gasteiger partial charge on any atom is 0.0986 e. The number of methoxy groups -OCH3 is 1. The van der Waals surface area contributed by atoms with Crippen molar-refractivity contribution in [1.29, 1.82) is 0 Å². The maximum atomic E-state index is 5.57. The molecule has 1 aromatic heterocycles. The van der Waals surface area contributed by atoms with Crippen molar-refractivity contribution in [2.24, 2.45) is 0 Å². The van der Waals surface area contributed by atoms with Gasteiger partial charge in [0.15, 0.2) is 0 Å². The molecule has 0 bridgehead atoms. The molecule has 0 amide bonds. The number of hydrogen-bond donors (Lipinski definition) is 1. The van der Waals surface area contributed by atoms with E-state index in [0.29, 0.717) is 6.04 Å². The van der Waals surface area contributed by atoms with Crippen LogP contribution in [0.5, 0.6) is 0 Å². The van der Waals surface area contributed by atoms with Crippen LogP contribution >= 0.6 is 0 Å². The Bertz CT molecular complexity index is 299. The summed E-state index contributed by atoms with van der Waals surface area (Å²) in [7, 11) is 1.74.